The number of halogens is 4. The number of hydrogen-bond donors (Lipinski definition) is 3. The molecule has 3 N–H and O–H groups in total. The fourth-order valence-corrected chi connectivity index (χ4v) is 1.76. The number of carbonyl (C=O) groups is 1. The maximum atomic E-state index is 10.6. The van der Waals surface area contributed by atoms with Gasteiger partial charge in [0, 0.05) is 12.6 Å². The largest absolute Gasteiger partial charge is 0.490 e. The molecule has 1 aliphatic heterocycles. The molecule has 0 bridgehead atoms. The summed E-state index contributed by atoms with van der Waals surface area (Å²) in [7, 11) is 0. The Morgan fingerprint density at radius 2 is 2.26 bits per heavy atom. The molecule has 1 saturated heterocycles. The second-order valence-corrected chi connectivity index (χ2v) is 4.82. The summed E-state index contributed by atoms with van der Waals surface area (Å²) in [4.78, 5) is 17.2. The number of carboxylic acid groups (broad SMARTS) is 1. The molecular formula is C12H16ClF3N4O3. The van der Waals surface area contributed by atoms with Crippen LogP contribution < -0.4 is 15.4 Å². The molecule has 23 heavy (non-hydrogen) atoms. The van der Waals surface area contributed by atoms with Crippen LogP contribution in [0.25, 0.3) is 0 Å². The molecule has 7 nitrogen and oxygen atoms in total. The van der Waals surface area contributed by atoms with Gasteiger partial charge >= 0.3 is 12.1 Å². The number of hydrogen-bond acceptors (Lipinski definition) is 6. The average Bonchev–Trinajstić information content (AvgIpc) is 2.95. The SMILES string of the molecule is CCOc1nc(NC2CCNC2)ncc1Cl.O=C(O)C(F)(F)F. The van der Waals surface area contributed by atoms with Gasteiger partial charge in [-0.2, -0.15) is 18.2 Å². The fourth-order valence-electron chi connectivity index (χ4n) is 1.62. The topological polar surface area (TPSA) is 96.4 Å². The molecule has 0 amide bonds. The highest BCUT2D eigenvalue weighted by atomic mass is 35.5. The summed E-state index contributed by atoms with van der Waals surface area (Å²) in [6, 6.07) is 0.385. The summed E-state index contributed by atoms with van der Waals surface area (Å²) in [5.41, 5.74) is 0. The second-order valence-electron chi connectivity index (χ2n) is 4.42. The molecule has 0 aliphatic carbocycles. The van der Waals surface area contributed by atoms with Gasteiger partial charge in [0.1, 0.15) is 5.02 Å². The van der Waals surface area contributed by atoms with Crippen LogP contribution in [-0.4, -0.2) is 53.0 Å². The number of alkyl halides is 3. The molecule has 2 heterocycles. The van der Waals surface area contributed by atoms with E-state index in [1.165, 1.54) is 0 Å². The molecule has 1 unspecified atom stereocenters. The summed E-state index contributed by atoms with van der Waals surface area (Å²) in [5, 5.41) is 14.1. The monoisotopic (exact) mass is 356 g/mol. The van der Waals surface area contributed by atoms with Gasteiger partial charge in [-0.05, 0) is 19.9 Å². The Kier molecular flexibility index (Phi) is 7.30. The highest BCUT2D eigenvalue weighted by Crippen LogP contribution is 2.22. The summed E-state index contributed by atoms with van der Waals surface area (Å²) in [5.74, 6) is -1.75. The van der Waals surface area contributed by atoms with Crippen molar-refractivity contribution < 1.29 is 27.8 Å². The van der Waals surface area contributed by atoms with Gasteiger partial charge in [-0.3, -0.25) is 0 Å². The lowest BCUT2D eigenvalue weighted by molar-refractivity contribution is -0.192. The van der Waals surface area contributed by atoms with Crippen LogP contribution in [0.2, 0.25) is 5.02 Å². The van der Waals surface area contributed by atoms with Crippen molar-refractivity contribution in [3.05, 3.63) is 11.2 Å². The first-order chi connectivity index (χ1) is 10.7. The maximum Gasteiger partial charge on any atom is 0.490 e. The zero-order valence-electron chi connectivity index (χ0n) is 12.2. The van der Waals surface area contributed by atoms with E-state index in [1.54, 1.807) is 6.20 Å². The Bertz CT molecular complexity index is 525. The van der Waals surface area contributed by atoms with E-state index in [1.807, 2.05) is 6.92 Å². The number of aliphatic carboxylic acids is 1. The predicted octanol–water partition coefficient (Wildman–Crippen LogP) is 1.94. The number of aromatic nitrogens is 2. The van der Waals surface area contributed by atoms with Crippen LogP contribution in [0.1, 0.15) is 13.3 Å². The Labute approximate surface area is 135 Å². The lowest BCUT2D eigenvalue weighted by Gasteiger charge is -2.12. The quantitative estimate of drug-likeness (QED) is 0.758. The van der Waals surface area contributed by atoms with Crippen LogP contribution in [0.15, 0.2) is 6.20 Å². The first kappa shape index (κ1) is 19.2. The normalized spacial score (nSPS) is 17.2. The molecule has 2 rings (SSSR count). The van der Waals surface area contributed by atoms with Crippen LogP contribution in [0.3, 0.4) is 0 Å². The van der Waals surface area contributed by atoms with Crippen molar-refractivity contribution in [1.82, 2.24) is 15.3 Å². The molecule has 0 spiro atoms. The van der Waals surface area contributed by atoms with Gasteiger partial charge in [0.2, 0.25) is 11.8 Å². The summed E-state index contributed by atoms with van der Waals surface area (Å²) < 4.78 is 37.0. The fraction of sp³-hybridized carbons (Fsp3) is 0.583. The van der Waals surface area contributed by atoms with Crippen molar-refractivity contribution >= 4 is 23.5 Å². The number of nitrogens with zero attached hydrogens (tertiary/aromatic N) is 2. The lowest BCUT2D eigenvalue weighted by Crippen LogP contribution is -2.23. The molecule has 1 atom stereocenters. The zero-order valence-corrected chi connectivity index (χ0v) is 12.9. The van der Waals surface area contributed by atoms with Crippen molar-refractivity contribution in [1.29, 1.82) is 0 Å². The van der Waals surface area contributed by atoms with Gasteiger partial charge in [-0.25, -0.2) is 9.78 Å². The van der Waals surface area contributed by atoms with Gasteiger partial charge in [-0.15, -0.1) is 0 Å². The third-order valence-electron chi connectivity index (χ3n) is 2.63. The first-order valence-electron chi connectivity index (χ1n) is 6.66. The van der Waals surface area contributed by atoms with Gasteiger partial charge in [0.05, 0.1) is 12.8 Å². The van der Waals surface area contributed by atoms with Gasteiger partial charge in [-0.1, -0.05) is 11.6 Å². The molecular weight excluding hydrogens is 341 g/mol. The molecule has 130 valence electrons. The number of rotatable bonds is 4. The van der Waals surface area contributed by atoms with Gasteiger partial charge in [0.15, 0.2) is 0 Å². The van der Waals surface area contributed by atoms with Crippen molar-refractivity contribution in [3.63, 3.8) is 0 Å². The summed E-state index contributed by atoms with van der Waals surface area (Å²) in [6.45, 7) is 4.41. The Balaban J connectivity index is 0.000000322. The average molecular weight is 357 g/mol. The van der Waals surface area contributed by atoms with Gasteiger partial charge < -0.3 is 20.5 Å². The molecule has 1 aliphatic rings. The number of carboxylic acids is 1. The number of nitrogens with one attached hydrogen (secondary N) is 2. The highest BCUT2D eigenvalue weighted by molar-refractivity contribution is 6.31. The van der Waals surface area contributed by atoms with E-state index < -0.39 is 12.1 Å². The zero-order chi connectivity index (χ0) is 17.5. The molecule has 0 radical (unpaired) electrons. The molecule has 1 aromatic heterocycles. The van der Waals surface area contributed by atoms with Crippen LogP contribution in [0.4, 0.5) is 19.1 Å². The molecule has 1 aromatic rings. The van der Waals surface area contributed by atoms with E-state index in [4.69, 9.17) is 26.2 Å². The minimum atomic E-state index is -5.08. The van der Waals surface area contributed by atoms with E-state index in [-0.39, 0.29) is 0 Å². The van der Waals surface area contributed by atoms with Gasteiger partial charge in [0.25, 0.3) is 0 Å². The Morgan fingerprint density at radius 3 is 2.74 bits per heavy atom. The van der Waals surface area contributed by atoms with Crippen molar-refractivity contribution in [3.8, 4) is 5.88 Å². The van der Waals surface area contributed by atoms with Crippen LogP contribution in [-0.2, 0) is 4.79 Å². The maximum absolute atomic E-state index is 10.6. The van der Waals surface area contributed by atoms with E-state index in [0.29, 0.717) is 29.5 Å². The summed E-state index contributed by atoms with van der Waals surface area (Å²) in [6.07, 6.45) is -2.44. The number of anilines is 1. The molecule has 11 heteroatoms. The first-order valence-corrected chi connectivity index (χ1v) is 7.04. The standard InChI is InChI=1S/C10H15ClN4O.C2HF3O2/c1-2-16-9-8(11)6-13-10(15-9)14-7-3-4-12-5-7;3-2(4,5)1(6)7/h6-7,12H,2-5H2,1H3,(H,13,14,15);(H,6,7). The van der Waals surface area contributed by atoms with Crippen LogP contribution >= 0.6 is 11.6 Å². The molecule has 0 aromatic carbocycles. The summed E-state index contributed by atoms with van der Waals surface area (Å²) >= 11 is 5.90. The number of ether oxygens (including phenoxy) is 1. The van der Waals surface area contributed by atoms with Crippen molar-refractivity contribution in [2.45, 2.75) is 25.6 Å². The van der Waals surface area contributed by atoms with E-state index in [9.17, 15) is 13.2 Å². The van der Waals surface area contributed by atoms with E-state index in [0.717, 1.165) is 19.5 Å². The Hall–Kier alpha value is -1.81. The third-order valence-corrected chi connectivity index (χ3v) is 2.89. The predicted molar refractivity (Wildman–Crippen MR) is 76.8 cm³/mol. The van der Waals surface area contributed by atoms with E-state index >= 15 is 0 Å². The Morgan fingerprint density at radius 1 is 1.61 bits per heavy atom. The van der Waals surface area contributed by atoms with E-state index in [2.05, 4.69) is 20.6 Å². The van der Waals surface area contributed by atoms with Crippen molar-refractivity contribution in [2.75, 3.05) is 25.0 Å². The minimum Gasteiger partial charge on any atom is -0.477 e. The minimum absolute atomic E-state index is 0.385. The molecule has 1 fully saturated rings. The van der Waals surface area contributed by atoms with Crippen LogP contribution in [0.5, 0.6) is 5.88 Å². The highest BCUT2D eigenvalue weighted by Gasteiger charge is 2.38. The third kappa shape index (κ3) is 6.87. The lowest BCUT2D eigenvalue weighted by atomic mass is 10.3. The smallest absolute Gasteiger partial charge is 0.477 e. The second kappa shape index (κ2) is 8.73. The molecule has 0 saturated carbocycles. The van der Waals surface area contributed by atoms with Crippen LogP contribution in [0, 0.1) is 0 Å². The van der Waals surface area contributed by atoms with Crippen molar-refractivity contribution in [2.24, 2.45) is 0 Å².